The molecule has 86 valence electrons. The Morgan fingerprint density at radius 2 is 2.13 bits per heavy atom. The maximum Gasteiger partial charge on any atom is 0.137 e. The lowest BCUT2D eigenvalue weighted by Crippen LogP contribution is -2.08. The Morgan fingerprint density at radius 3 is 2.80 bits per heavy atom. The fourth-order valence-corrected chi connectivity index (χ4v) is 1.76. The minimum Gasteiger partial charge on any atom is -0.385 e. The number of aryl methyl sites for hydroxylation is 1. The van der Waals surface area contributed by atoms with E-state index in [1.807, 2.05) is 6.20 Å². The van der Waals surface area contributed by atoms with E-state index in [1.54, 1.807) is 6.20 Å². The first-order valence-electron chi connectivity index (χ1n) is 5.98. The third kappa shape index (κ3) is 3.67. The van der Waals surface area contributed by atoms with E-state index >= 15 is 0 Å². The molecule has 0 amide bonds. The highest BCUT2D eigenvalue weighted by atomic mass is 16.3. The number of nitrogens with zero attached hydrogens (tertiary/aromatic N) is 2. The summed E-state index contributed by atoms with van der Waals surface area (Å²) in [4.78, 5) is 4.23. The van der Waals surface area contributed by atoms with Crippen LogP contribution in [0.5, 0.6) is 0 Å². The van der Waals surface area contributed by atoms with Crippen molar-refractivity contribution in [1.82, 2.24) is 9.55 Å². The molecule has 3 nitrogen and oxygen atoms in total. The first-order chi connectivity index (χ1) is 7.29. The summed E-state index contributed by atoms with van der Waals surface area (Å²) < 4.78 is 2.05. The van der Waals surface area contributed by atoms with Gasteiger partial charge >= 0.3 is 0 Å². The second kappa shape index (κ2) is 6.62. The second-order valence-corrected chi connectivity index (χ2v) is 3.99. The van der Waals surface area contributed by atoms with Gasteiger partial charge in [0, 0.05) is 18.9 Å². The van der Waals surface area contributed by atoms with Gasteiger partial charge in [-0.1, -0.05) is 33.1 Å². The highest BCUT2D eigenvalue weighted by molar-refractivity contribution is 4.96. The smallest absolute Gasteiger partial charge is 0.137 e. The molecule has 0 fully saturated rings. The first kappa shape index (κ1) is 12.2. The molecular weight excluding hydrogens is 188 g/mol. The minimum atomic E-state index is -0.391. The summed E-state index contributed by atoms with van der Waals surface area (Å²) in [5.41, 5.74) is 0. The number of hydrogen-bond donors (Lipinski definition) is 1. The Labute approximate surface area is 92.1 Å². The van der Waals surface area contributed by atoms with Crippen LogP contribution >= 0.6 is 0 Å². The number of imidazole rings is 1. The number of unbranched alkanes of at least 4 members (excludes halogenated alkanes) is 2. The van der Waals surface area contributed by atoms with Crippen LogP contribution in [0.1, 0.15) is 57.9 Å². The van der Waals surface area contributed by atoms with E-state index in [0.29, 0.717) is 0 Å². The largest absolute Gasteiger partial charge is 0.385 e. The van der Waals surface area contributed by atoms with E-state index in [-0.39, 0.29) is 0 Å². The summed E-state index contributed by atoms with van der Waals surface area (Å²) in [6, 6.07) is 0. The molecule has 1 atom stereocenters. The molecule has 1 heterocycles. The zero-order valence-corrected chi connectivity index (χ0v) is 9.82. The Bertz CT molecular complexity index is 270. The molecule has 1 N–H and O–H groups in total. The van der Waals surface area contributed by atoms with E-state index in [2.05, 4.69) is 23.4 Å². The van der Waals surface area contributed by atoms with Crippen LogP contribution in [-0.2, 0) is 6.54 Å². The fourth-order valence-electron chi connectivity index (χ4n) is 1.76. The Hall–Kier alpha value is -0.830. The molecule has 1 aromatic rings. The summed E-state index contributed by atoms with van der Waals surface area (Å²) in [5.74, 6) is 0.827. The molecule has 0 saturated carbocycles. The topological polar surface area (TPSA) is 38.1 Å². The summed E-state index contributed by atoms with van der Waals surface area (Å²) in [6.45, 7) is 5.25. The molecular formula is C12H22N2O. The van der Waals surface area contributed by atoms with Gasteiger partial charge in [0.2, 0.25) is 0 Å². The van der Waals surface area contributed by atoms with Gasteiger partial charge in [-0.3, -0.25) is 0 Å². The highest BCUT2D eigenvalue weighted by Crippen LogP contribution is 2.18. The van der Waals surface area contributed by atoms with E-state index in [4.69, 9.17) is 0 Å². The molecule has 0 aromatic carbocycles. The summed E-state index contributed by atoms with van der Waals surface area (Å²) in [5, 5.41) is 9.96. The lowest BCUT2D eigenvalue weighted by Gasteiger charge is -2.12. The Morgan fingerprint density at radius 1 is 1.33 bits per heavy atom. The molecule has 0 bridgehead atoms. The van der Waals surface area contributed by atoms with Gasteiger partial charge in [0.15, 0.2) is 0 Å². The molecule has 15 heavy (non-hydrogen) atoms. The lowest BCUT2D eigenvalue weighted by atomic mass is 10.1. The maximum atomic E-state index is 9.96. The molecule has 1 unspecified atom stereocenters. The molecule has 0 aliphatic carbocycles. The summed E-state index contributed by atoms with van der Waals surface area (Å²) >= 11 is 0. The van der Waals surface area contributed by atoms with Crippen LogP contribution < -0.4 is 0 Å². The van der Waals surface area contributed by atoms with E-state index in [9.17, 15) is 5.11 Å². The Kier molecular flexibility index (Phi) is 5.40. The van der Waals surface area contributed by atoms with Crippen LogP contribution in [0, 0.1) is 0 Å². The number of aliphatic hydroxyl groups is 1. The quantitative estimate of drug-likeness (QED) is 0.703. The third-order valence-corrected chi connectivity index (χ3v) is 2.59. The number of rotatable bonds is 7. The van der Waals surface area contributed by atoms with Gasteiger partial charge in [-0.05, 0) is 12.8 Å². The molecule has 0 spiro atoms. The fraction of sp³-hybridized carbons (Fsp3) is 0.750. The van der Waals surface area contributed by atoms with Crippen molar-refractivity contribution in [3.05, 3.63) is 18.2 Å². The average Bonchev–Trinajstić information content (AvgIpc) is 2.67. The van der Waals surface area contributed by atoms with E-state index in [1.165, 1.54) is 12.8 Å². The van der Waals surface area contributed by atoms with Crippen molar-refractivity contribution in [2.45, 2.75) is 58.6 Å². The Balaban J connectivity index is 2.48. The molecule has 0 saturated heterocycles. The van der Waals surface area contributed by atoms with Crippen molar-refractivity contribution in [3.63, 3.8) is 0 Å². The maximum absolute atomic E-state index is 9.96. The van der Waals surface area contributed by atoms with Crippen molar-refractivity contribution in [2.24, 2.45) is 0 Å². The van der Waals surface area contributed by atoms with E-state index < -0.39 is 6.10 Å². The van der Waals surface area contributed by atoms with Crippen molar-refractivity contribution in [2.75, 3.05) is 0 Å². The molecule has 0 aliphatic rings. The predicted octanol–water partition coefficient (Wildman–Crippen LogP) is 2.91. The van der Waals surface area contributed by atoms with E-state index in [0.717, 1.165) is 31.6 Å². The van der Waals surface area contributed by atoms with Crippen LogP contribution in [-0.4, -0.2) is 14.7 Å². The van der Waals surface area contributed by atoms with Gasteiger partial charge in [0.25, 0.3) is 0 Å². The summed E-state index contributed by atoms with van der Waals surface area (Å²) in [7, 11) is 0. The van der Waals surface area contributed by atoms with Crippen molar-refractivity contribution in [3.8, 4) is 0 Å². The molecule has 3 heteroatoms. The zero-order chi connectivity index (χ0) is 11.1. The highest BCUT2D eigenvalue weighted by Gasteiger charge is 2.12. The second-order valence-electron chi connectivity index (χ2n) is 3.99. The SMILES string of the molecule is CCCCCC(O)c1nccn1CCC. The monoisotopic (exact) mass is 210 g/mol. The van der Waals surface area contributed by atoms with Gasteiger partial charge in [-0.2, -0.15) is 0 Å². The average molecular weight is 210 g/mol. The predicted molar refractivity (Wildman–Crippen MR) is 61.6 cm³/mol. The lowest BCUT2D eigenvalue weighted by molar-refractivity contribution is 0.149. The number of aliphatic hydroxyl groups excluding tert-OH is 1. The third-order valence-electron chi connectivity index (χ3n) is 2.59. The van der Waals surface area contributed by atoms with Crippen LogP contribution in [0.4, 0.5) is 0 Å². The van der Waals surface area contributed by atoms with Crippen LogP contribution in [0.15, 0.2) is 12.4 Å². The molecule has 0 radical (unpaired) electrons. The molecule has 1 aromatic heterocycles. The van der Waals surface area contributed by atoms with Crippen molar-refractivity contribution in [1.29, 1.82) is 0 Å². The number of aromatic nitrogens is 2. The van der Waals surface area contributed by atoms with Gasteiger partial charge in [0.1, 0.15) is 11.9 Å². The normalized spacial score (nSPS) is 13.0. The molecule has 1 rings (SSSR count). The van der Waals surface area contributed by atoms with Crippen molar-refractivity contribution >= 4 is 0 Å². The first-order valence-corrected chi connectivity index (χ1v) is 5.98. The standard InChI is InChI=1S/C12H22N2O/c1-3-5-6-7-11(15)12-13-8-10-14(12)9-4-2/h8,10-11,15H,3-7,9H2,1-2H3. The van der Waals surface area contributed by atoms with Gasteiger partial charge in [-0.25, -0.2) is 4.98 Å². The number of hydrogen-bond acceptors (Lipinski definition) is 2. The van der Waals surface area contributed by atoms with Gasteiger partial charge in [0.05, 0.1) is 0 Å². The van der Waals surface area contributed by atoms with Crippen LogP contribution in [0.2, 0.25) is 0 Å². The minimum absolute atomic E-state index is 0.391. The molecule has 0 aliphatic heterocycles. The summed E-state index contributed by atoms with van der Waals surface area (Å²) in [6.07, 6.45) is 8.69. The van der Waals surface area contributed by atoms with Crippen LogP contribution in [0.25, 0.3) is 0 Å². The zero-order valence-electron chi connectivity index (χ0n) is 9.82. The van der Waals surface area contributed by atoms with Gasteiger partial charge in [-0.15, -0.1) is 0 Å². The van der Waals surface area contributed by atoms with Gasteiger partial charge < -0.3 is 9.67 Å². The van der Waals surface area contributed by atoms with Crippen LogP contribution in [0.3, 0.4) is 0 Å². The van der Waals surface area contributed by atoms with Crippen molar-refractivity contribution < 1.29 is 5.11 Å².